The summed E-state index contributed by atoms with van der Waals surface area (Å²) >= 11 is 0. The third-order valence-corrected chi connectivity index (χ3v) is 4.01. The molecule has 112 valence electrons. The summed E-state index contributed by atoms with van der Waals surface area (Å²) in [5.74, 6) is 0.645. The highest BCUT2D eigenvalue weighted by atomic mass is 35.5. The molecular formula is C16H36ClN. The van der Waals surface area contributed by atoms with Gasteiger partial charge < -0.3 is 5.73 Å². The standard InChI is InChI=1S/C16H35N.ClH/c1-5-6-7-8-9-10-11-12-13-14-15(2)16(3,4)17;/h15H,5-14,17H2,1-4H3;1H. The maximum Gasteiger partial charge on any atom is 0.0123 e. The molecule has 0 aliphatic heterocycles. The normalized spacial score (nSPS) is 13.2. The van der Waals surface area contributed by atoms with Crippen LogP contribution in [-0.4, -0.2) is 5.54 Å². The van der Waals surface area contributed by atoms with Crippen molar-refractivity contribution in [3.63, 3.8) is 0 Å². The van der Waals surface area contributed by atoms with Crippen LogP contribution in [0.5, 0.6) is 0 Å². The fourth-order valence-corrected chi connectivity index (χ4v) is 2.13. The van der Waals surface area contributed by atoms with Gasteiger partial charge in [-0.05, 0) is 26.2 Å². The second kappa shape index (κ2) is 12.3. The van der Waals surface area contributed by atoms with Crippen LogP contribution in [0, 0.1) is 5.92 Å². The molecule has 18 heavy (non-hydrogen) atoms. The van der Waals surface area contributed by atoms with E-state index in [1.54, 1.807) is 0 Å². The number of unbranched alkanes of at least 4 members (excludes halogenated alkanes) is 8. The van der Waals surface area contributed by atoms with Crippen LogP contribution in [0.3, 0.4) is 0 Å². The Labute approximate surface area is 122 Å². The molecule has 0 heterocycles. The maximum absolute atomic E-state index is 6.09. The van der Waals surface area contributed by atoms with E-state index in [1.165, 1.54) is 64.2 Å². The Balaban J connectivity index is 0. The number of nitrogens with two attached hydrogens (primary N) is 1. The molecule has 0 radical (unpaired) electrons. The van der Waals surface area contributed by atoms with E-state index in [2.05, 4.69) is 27.7 Å². The van der Waals surface area contributed by atoms with E-state index in [1.807, 2.05) is 0 Å². The monoisotopic (exact) mass is 277 g/mol. The minimum atomic E-state index is 0. The zero-order chi connectivity index (χ0) is 13.1. The SMILES string of the molecule is CCCCCCCCCCCC(C)C(C)(C)N.Cl. The highest BCUT2D eigenvalue weighted by Gasteiger charge is 2.19. The van der Waals surface area contributed by atoms with E-state index < -0.39 is 0 Å². The molecule has 0 aromatic heterocycles. The number of hydrogen-bond acceptors (Lipinski definition) is 1. The first-order valence-corrected chi connectivity index (χ1v) is 7.77. The van der Waals surface area contributed by atoms with Gasteiger partial charge in [-0.1, -0.05) is 71.6 Å². The second-order valence-electron chi connectivity index (χ2n) is 6.34. The van der Waals surface area contributed by atoms with Crippen molar-refractivity contribution in [2.75, 3.05) is 0 Å². The van der Waals surface area contributed by atoms with Gasteiger partial charge in [-0.3, -0.25) is 0 Å². The molecule has 0 rings (SSSR count). The topological polar surface area (TPSA) is 26.0 Å². The summed E-state index contributed by atoms with van der Waals surface area (Å²) in [6, 6.07) is 0. The van der Waals surface area contributed by atoms with E-state index in [0.717, 1.165) is 0 Å². The summed E-state index contributed by atoms with van der Waals surface area (Å²) in [6.07, 6.45) is 14.0. The highest BCUT2D eigenvalue weighted by Crippen LogP contribution is 2.20. The van der Waals surface area contributed by atoms with E-state index in [9.17, 15) is 0 Å². The molecular weight excluding hydrogens is 242 g/mol. The van der Waals surface area contributed by atoms with Crippen LogP contribution in [-0.2, 0) is 0 Å². The van der Waals surface area contributed by atoms with Gasteiger partial charge in [0.05, 0.1) is 0 Å². The molecule has 0 fully saturated rings. The Kier molecular flexibility index (Phi) is 14.0. The summed E-state index contributed by atoms with van der Waals surface area (Å²) in [5.41, 5.74) is 6.09. The van der Waals surface area contributed by atoms with Crippen molar-refractivity contribution in [2.45, 2.75) is 97.4 Å². The molecule has 1 nitrogen and oxygen atoms in total. The Morgan fingerprint density at radius 1 is 0.833 bits per heavy atom. The third kappa shape index (κ3) is 12.7. The molecule has 0 aromatic rings. The molecule has 0 bridgehead atoms. The fourth-order valence-electron chi connectivity index (χ4n) is 2.13. The molecule has 0 aliphatic rings. The smallest absolute Gasteiger partial charge is 0.0123 e. The summed E-state index contributed by atoms with van der Waals surface area (Å²) in [6.45, 7) is 8.85. The molecule has 0 amide bonds. The van der Waals surface area contributed by atoms with Gasteiger partial charge in [0.25, 0.3) is 0 Å². The Morgan fingerprint density at radius 3 is 1.61 bits per heavy atom. The fraction of sp³-hybridized carbons (Fsp3) is 1.00. The number of hydrogen-bond donors (Lipinski definition) is 1. The number of halogens is 1. The highest BCUT2D eigenvalue weighted by molar-refractivity contribution is 5.85. The molecule has 0 saturated heterocycles. The molecule has 0 aromatic carbocycles. The lowest BCUT2D eigenvalue weighted by Gasteiger charge is -2.27. The first kappa shape index (κ1) is 20.6. The van der Waals surface area contributed by atoms with Crippen LogP contribution in [0.25, 0.3) is 0 Å². The Morgan fingerprint density at radius 2 is 1.22 bits per heavy atom. The van der Waals surface area contributed by atoms with E-state index in [0.29, 0.717) is 5.92 Å². The Hall–Kier alpha value is 0.250. The summed E-state index contributed by atoms with van der Waals surface area (Å²) in [4.78, 5) is 0. The van der Waals surface area contributed by atoms with E-state index in [-0.39, 0.29) is 17.9 Å². The second-order valence-corrected chi connectivity index (χ2v) is 6.34. The van der Waals surface area contributed by atoms with Crippen molar-refractivity contribution in [3.8, 4) is 0 Å². The number of rotatable bonds is 11. The predicted octanol–water partition coefficient (Wildman–Crippen LogP) is 5.70. The zero-order valence-electron chi connectivity index (χ0n) is 13.1. The lowest BCUT2D eigenvalue weighted by Crippen LogP contribution is -2.39. The molecule has 1 atom stereocenters. The van der Waals surface area contributed by atoms with Crippen molar-refractivity contribution in [1.82, 2.24) is 0 Å². The van der Waals surface area contributed by atoms with Gasteiger partial charge in [-0.25, -0.2) is 0 Å². The van der Waals surface area contributed by atoms with Crippen molar-refractivity contribution in [2.24, 2.45) is 11.7 Å². The Bertz CT molecular complexity index is 163. The van der Waals surface area contributed by atoms with Gasteiger partial charge in [0.1, 0.15) is 0 Å². The van der Waals surface area contributed by atoms with Crippen LogP contribution in [0.4, 0.5) is 0 Å². The maximum atomic E-state index is 6.09. The lowest BCUT2D eigenvalue weighted by atomic mass is 9.86. The van der Waals surface area contributed by atoms with Crippen molar-refractivity contribution in [3.05, 3.63) is 0 Å². The third-order valence-electron chi connectivity index (χ3n) is 4.01. The molecule has 2 N–H and O–H groups in total. The average molecular weight is 278 g/mol. The van der Waals surface area contributed by atoms with Crippen LogP contribution in [0.2, 0.25) is 0 Å². The lowest BCUT2D eigenvalue weighted by molar-refractivity contribution is 0.316. The van der Waals surface area contributed by atoms with Gasteiger partial charge >= 0.3 is 0 Å². The van der Waals surface area contributed by atoms with E-state index >= 15 is 0 Å². The average Bonchev–Trinajstić information content (AvgIpc) is 2.25. The molecule has 1 unspecified atom stereocenters. The summed E-state index contributed by atoms with van der Waals surface area (Å²) in [7, 11) is 0. The summed E-state index contributed by atoms with van der Waals surface area (Å²) in [5, 5.41) is 0. The van der Waals surface area contributed by atoms with Crippen LogP contribution in [0.1, 0.15) is 91.9 Å². The van der Waals surface area contributed by atoms with Gasteiger partial charge in [0.15, 0.2) is 0 Å². The minimum absolute atomic E-state index is 0. The quantitative estimate of drug-likeness (QED) is 0.482. The predicted molar refractivity (Wildman–Crippen MR) is 86.5 cm³/mol. The first-order chi connectivity index (χ1) is 7.98. The minimum Gasteiger partial charge on any atom is -0.325 e. The van der Waals surface area contributed by atoms with E-state index in [4.69, 9.17) is 5.73 Å². The van der Waals surface area contributed by atoms with Crippen molar-refractivity contribution in [1.29, 1.82) is 0 Å². The summed E-state index contributed by atoms with van der Waals surface area (Å²) < 4.78 is 0. The largest absolute Gasteiger partial charge is 0.325 e. The van der Waals surface area contributed by atoms with Gasteiger partial charge in [-0.15, -0.1) is 12.4 Å². The van der Waals surface area contributed by atoms with Gasteiger partial charge in [-0.2, -0.15) is 0 Å². The van der Waals surface area contributed by atoms with Crippen LogP contribution < -0.4 is 5.73 Å². The molecule has 2 heteroatoms. The van der Waals surface area contributed by atoms with Crippen LogP contribution in [0.15, 0.2) is 0 Å². The molecule has 0 spiro atoms. The molecule has 0 aliphatic carbocycles. The first-order valence-electron chi connectivity index (χ1n) is 7.77. The van der Waals surface area contributed by atoms with Gasteiger partial charge in [0.2, 0.25) is 0 Å². The van der Waals surface area contributed by atoms with Crippen molar-refractivity contribution >= 4 is 12.4 Å². The van der Waals surface area contributed by atoms with Crippen LogP contribution >= 0.6 is 12.4 Å². The van der Waals surface area contributed by atoms with Gasteiger partial charge in [0, 0.05) is 5.54 Å². The zero-order valence-corrected chi connectivity index (χ0v) is 14.0. The molecule has 0 saturated carbocycles. The van der Waals surface area contributed by atoms with Crippen molar-refractivity contribution < 1.29 is 0 Å².